The van der Waals surface area contributed by atoms with E-state index >= 15 is 0 Å². The molecule has 0 aromatic heterocycles. The van der Waals surface area contributed by atoms with E-state index in [1.54, 1.807) is 7.11 Å². The van der Waals surface area contributed by atoms with E-state index < -0.39 is 7.14 Å². The van der Waals surface area contributed by atoms with Crippen molar-refractivity contribution < 1.29 is 9.30 Å². The molecule has 2 nitrogen and oxygen atoms in total. The molecule has 0 aliphatic carbocycles. The van der Waals surface area contributed by atoms with Crippen molar-refractivity contribution in [3.63, 3.8) is 0 Å². The van der Waals surface area contributed by atoms with Crippen molar-refractivity contribution in [1.29, 1.82) is 0 Å². The van der Waals surface area contributed by atoms with Gasteiger partial charge in [0.2, 0.25) is 0 Å². The lowest BCUT2D eigenvalue weighted by molar-refractivity contribution is 0.136. The van der Waals surface area contributed by atoms with E-state index in [4.69, 9.17) is 4.74 Å². The minimum Gasteiger partial charge on any atom is -0.381 e. The van der Waals surface area contributed by atoms with Gasteiger partial charge in [-0.1, -0.05) is 60.7 Å². The van der Waals surface area contributed by atoms with Crippen LogP contribution in [0, 0.1) is 0 Å². The zero-order chi connectivity index (χ0) is 13.7. The predicted octanol–water partition coefficient (Wildman–Crippen LogP) is 3.04. The molecule has 19 heavy (non-hydrogen) atoms. The van der Waals surface area contributed by atoms with Crippen molar-refractivity contribution in [3.05, 3.63) is 60.7 Å². The van der Waals surface area contributed by atoms with Crippen LogP contribution in [-0.2, 0) is 9.30 Å². The highest BCUT2D eigenvalue weighted by Gasteiger charge is 2.29. The standard InChI is InChI=1S/C16H19O2P/c1-14(18-2)13-19(17,15-9-5-3-6-10-15)16-11-7-4-8-12-16/h3-12,14H,13H2,1-2H3. The molecule has 1 unspecified atom stereocenters. The third kappa shape index (κ3) is 3.15. The quantitative estimate of drug-likeness (QED) is 0.783. The summed E-state index contributed by atoms with van der Waals surface area (Å²) in [4.78, 5) is 0. The lowest BCUT2D eigenvalue weighted by atomic mass is 10.4. The number of rotatable bonds is 5. The van der Waals surface area contributed by atoms with Gasteiger partial charge in [0.15, 0.2) is 0 Å². The Bertz CT molecular complexity index is 508. The fourth-order valence-corrected chi connectivity index (χ4v) is 5.03. The van der Waals surface area contributed by atoms with Gasteiger partial charge in [0.25, 0.3) is 0 Å². The Morgan fingerprint density at radius 3 is 1.74 bits per heavy atom. The Morgan fingerprint density at radius 2 is 1.37 bits per heavy atom. The maximum Gasteiger partial charge on any atom is 0.145 e. The molecule has 0 heterocycles. The fourth-order valence-electron chi connectivity index (χ4n) is 2.13. The van der Waals surface area contributed by atoms with Crippen LogP contribution in [0.2, 0.25) is 0 Å². The number of hydrogen-bond acceptors (Lipinski definition) is 2. The fraction of sp³-hybridized carbons (Fsp3) is 0.250. The van der Waals surface area contributed by atoms with E-state index in [9.17, 15) is 4.57 Å². The number of methoxy groups -OCH3 is 1. The molecule has 0 radical (unpaired) electrons. The highest BCUT2D eigenvalue weighted by Crippen LogP contribution is 2.44. The molecule has 0 saturated carbocycles. The minimum absolute atomic E-state index is 0.0359. The maximum absolute atomic E-state index is 13.5. The molecular weight excluding hydrogens is 255 g/mol. The SMILES string of the molecule is COC(C)CP(=O)(c1ccccc1)c1ccccc1. The Labute approximate surface area is 114 Å². The molecule has 0 bridgehead atoms. The Hall–Kier alpha value is -1.37. The van der Waals surface area contributed by atoms with E-state index in [-0.39, 0.29) is 6.10 Å². The van der Waals surface area contributed by atoms with Crippen molar-refractivity contribution in [3.8, 4) is 0 Å². The summed E-state index contributed by atoms with van der Waals surface area (Å²) in [6.45, 7) is 1.96. The number of benzene rings is 2. The molecule has 0 N–H and O–H groups in total. The zero-order valence-electron chi connectivity index (χ0n) is 11.3. The van der Waals surface area contributed by atoms with Gasteiger partial charge in [-0.15, -0.1) is 0 Å². The topological polar surface area (TPSA) is 26.3 Å². The van der Waals surface area contributed by atoms with E-state index in [0.717, 1.165) is 10.6 Å². The van der Waals surface area contributed by atoms with Crippen molar-refractivity contribution >= 4 is 17.8 Å². The van der Waals surface area contributed by atoms with Crippen molar-refractivity contribution in [2.75, 3.05) is 13.3 Å². The molecular formula is C16H19O2P. The van der Waals surface area contributed by atoms with Gasteiger partial charge < -0.3 is 9.30 Å². The first-order valence-electron chi connectivity index (χ1n) is 6.40. The van der Waals surface area contributed by atoms with Gasteiger partial charge in [-0.05, 0) is 6.92 Å². The third-order valence-corrected chi connectivity index (χ3v) is 6.56. The van der Waals surface area contributed by atoms with Crippen LogP contribution in [0.25, 0.3) is 0 Å². The van der Waals surface area contributed by atoms with Crippen LogP contribution < -0.4 is 10.6 Å². The first-order valence-corrected chi connectivity index (χ1v) is 8.29. The Balaban J connectivity index is 2.48. The highest BCUT2D eigenvalue weighted by molar-refractivity contribution is 7.78. The van der Waals surface area contributed by atoms with E-state index in [2.05, 4.69) is 0 Å². The van der Waals surface area contributed by atoms with Crippen LogP contribution in [0.5, 0.6) is 0 Å². The molecule has 2 aromatic rings. The molecule has 2 aromatic carbocycles. The van der Waals surface area contributed by atoms with E-state index in [1.807, 2.05) is 67.6 Å². The van der Waals surface area contributed by atoms with Crippen LogP contribution >= 0.6 is 7.14 Å². The minimum atomic E-state index is -2.62. The lowest BCUT2D eigenvalue weighted by Crippen LogP contribution is -2.24. The second-order valence-corrected chi connectivity index (χ2v) is 7.52. The van der Waals surface area contributed by atoms with Crippen LogP contribution in [0.15, 0.2) is 60.7 Å². The van der Waals surface area contributed by atoms with Gasteiger partial charge in [0, 0.05) is 23.9 Å². The average molecular weight is 274 g/mol. The summed E-state index contributed by atoms with van der Waals surface area (Å²) in [6, 6.07) is 19.4. The Morgan fingerprint density at radius 1 is 0.947 bits per heavy atom. The summed E-state index contributed by atoms with van der Waals surface area (Å²) in [5.74, 6) is 0. The van der Waals surface area contributed by atoms with E-state index in [1.165, 1.54) is 0 Å². The zero-order valence-corrected chi connectivity index (χ0v) is 12.2. The summed E-state index contributed by atoms with van der Waals surface area (Å²) < 4.78 is 18.8. The van der Waals surface area contributed by atoms with Crippen molar-refractivity contribution in [2.24, 2.45) is 0 Å². The molecule has 100 valence electrons. The molecule has 0 fully saturated rings. The van der Waals surface area contributed by atoms with Gasteiger partial charge in [-0.25, -0.2) is 0 Å². The summed E-state index contributed by atoms with van der Waals surface area (Å²) in [6.07, 6.45) is 0.489. The van der Waals surface area contributed by atoms with Crippen LogP contribution in [0.3, 0.4) is 0 Å². The molecule has 0 aliphatic rings. The smallest absolute Gasteiger partial charge is 0.145 e. The van der Waals surface area contributed by atoms with Crippen LogP contribution in [0.1, 0.15) is 6.92 Å². The van der Waals surface area contributed by atoms with Crippen LogP contribution in [-0.4, -0.2) is 19.4 Å². The third-order valence-electron chi connectivity index (χ3n) is 3.26. The summed E-state index contributed by atoms with van der Waals surface area (Å²) in [5, 5.41) is 1.79. The monoisotopic (exact) mass is 274 g/mol. The van der Waals surface area contributed by atoms with E-state index in [0.29, 0.717) is 6.16 Å². The molecule has 0 amide bonds. The second kappa shape index (κ2) is 6.18. The largest absolute Gasteiger partial charge is 0.381 e. The summed E-state index contributed by atoms with van der Waals surface area (Å²) >= 11 is 0. The maximum atomic E-state index is 13.5. The van der Waals surface area contributed by atoms with Gasteiger partial charge in [0.1, 0.15) is 7.14 Å². The van der Waals surface area contributed by atoms with Crippen molar-refractivity contribution in [1.82, 2.24) is 0 Å². The average Bonchev–Trinajstić information content (AvgIpc) is 2.48. The molecule has 1 atom stereocenters. The van der Waals surface area contributed by atoms with Crippen molar-refractivity contribution in [2.45, 2.75) is 13.0 Å². The first kappa shape index (κ1) is 14.0. The van der Waals surface area contributed by atoms with Gasteiger partial charge in [-0.3, -0.25) is 0 Å². The summed E-state index contributed by atoms with van der Waals surface area (Å²) in [5.41, 5.74) is 0. The van der Waals surface area contributed by atoms with Gasteiger partial charge >= 0.3 is 0 Å². The number of hydrogen-bond donors (Lipinski definition) is 0. The summed E-state index contributed by atoms with van der Waals surface area (Å²) in [7, 11) is -0.964. The van der Waals surface area contributed by atoms with Gasteiger partial charge in [-0.2, -0.15) is 0 Å². The van der Waals surface area contributed by atoms with Gasteiger partial charge in [0.05, 0.1) is 6.10 Å². The normalized spacial score (nSPS) is 13.2. The van der Waals surface area contributed by atoms with Crippen LogP contribution in [0.4, 0.5) is 0 Å². The highest BCUT2D eigenvalue weighted by atomic mass is 31.2. The molecule has 0 aliphatic heterocycles. The first-order chi connectivity index (χ1) is 9.16. The predicted molar refractivity (Wildman–Crippen MR) is 81.1 cm³/mol. The number of ether oxygens (including phenoxy) is 1. The second-order valence-electron chi connectivity index (χ2n) is 4.64. The molecule has 0 saturated heterocycles. The molecule has 2 rings (SSSR count). The molecule has 0 spiro atoms. The molecule has 3 heteroatoms. The Kier molecular flexibility index (Phi) is 4.57. The lowest BCUT2D eigenvalue weighted by Gasteiger charge is -2.22.